The highest BCUT2D eigenvalue weighted by Crippen LogP contribution is 2.44. The van der Waals surface area contributed by atoms with Gasteiger partial charge in [0.05, 0.1) is 0 Å². The van der Waals surface area contributed by atoms with Crippen molar-refractivity contribution in [3.63, 3.8) is 0 Å². The number of hydrogen-bond donors (Lipinski definition) is 0. The summed E-state index contributed by atoms with van der Waals surface area (Å²) in [6.45, 7) is 4.63. The van der Waals surface area contributed by atoms with Gasteiger partial charge in [0, 0.05) is 0 Å². The van der Waals surface area contributed by atoms with Crippen LogP contribution in [0.3, 0.4) is 0 Å². The number of fused-ring (bicyclic) bond motifs is 3. The zero-order valence-corrected chi connectivity index (χ0v) is 19.8. The van der Waals surface area contributed by atoms with Gasteiger partial charge in [-0.1, -0.05) is 117 Å². The van der Waals surface area contributed by atoms with Crippen molar-refractivity contribution in [1.82, 2.24) is 0 Å². The van der Waals surface area contributed by atoms with Gasteiger partial charge < -0.3 is 0 Å². The van der Waals surface area contributed by atoms with E-state index >= 15 is 0 Å². The van der Waals surface area contributed by atoms with Crippen molar-refractivity contribution in [1.29, 1.82) is 0 Å². The van der Waals surface area contributed by atoms with Crippen molar-refractivity contribution in [3.8, 4) is 22.3 Å². The molecule has 0 N–H and O–H groups in total. The largest absolute Gasteiger partial charge is 0.0817 e. The molecule has 0 unspecified atom stereocenters. The Morgan fingerprint density at radius 1 is 0.424 bits per heavy atom. The molecule has 158 valence electrons. The first-order chi connectivity index (χ1) is 16.2. The lowest BCUT2D eigenvalue weighted by Crippen LogP contribution is -1.98. The topological polar surface area (TPSA) is 0 Å². The van der Waals surface area contributed by atoms with Gasteiger partial charge in [0.15, 0.2) is 0 Å². The molecule has 0 spiro atoms. The Hall–Kier alpha value is -3.47. The van der Waals surface area contributed by atoms with Crippen molar-refractivity contribution in [2.45, 2.75) is 0 Å². The molecule has 1 heteroatoms. The maximum absolute atomic E-state index is 2.34. The van der Waals surface area contributed by atoms with Crippen LogP contribution in [0.5, 0.6) is 0 Å². The molecule has 0 aliphatic rings. The summed E-state index contributed by atoms with van der Waals surface area (Å²) in [5.41, 5.74) is 5.20. The third-order valence-electron chi connectivity index (χ3n) is 6.64. The van der Waals surface area contributed by atoms with E-state index in [4.69, 9.17) is 0 Å². The van der Waals surface area contributed by atoms with Crippen LogP contribution < -0.4 is 5.30 Å². The van der Waals surface area contributed by atoms with Crippen molar-refractivity contribution < 1.29 is 0 Å². The van der Waals surface area contributed by atoms with Gasteiger partial charge in [-0.2, -0.15) is 0 Å². The van der Waals surface area contributed by atoms with Crippen LogP contribution in [0.15, 0.2) is 115 Å². The molecule has 0 atom stereocenters. The minimum absolute atomic E-state index is 0.0962. The highest BCUT2D eigenvalue weighted by Gasteiger charge is 2.16. The quantitative estimate of drug-likeness (QED) is 0.190. The van der Waals surface area contributed by atoms with Gasteiger partial charge in [-0.15, -0.1) is 0 Å². The minimum atomic E-state index is -0.0962. The normalized spacial score (nSPS) is 11.6. The molecule has 33 heavy (non-hydrogen) atoms. The van der Waals surface area contributed by atoms with E-state index in [1.54, 1.807) is 0 Å². The fourth-order valence-electron chi connectivity index (χ4n) is 5.02. The molecule has 0 saturated carbocycles. The molecule has 0 radical (unpaired) electrons. The van der Waals surface area contributed by atoms with Gasteiger partial charge in [0.2, 0.25) is 0 Å². The molecule has 0 nitrogen and oxygen atoms in total. The molecule has 6 rings (SSSR count). The molecule has 0 bridgehead atoms. The van der Waals surface area contributed by atoms with Crippen LogP contribution in [0.1, 0.15) is 0 Å². The van der Waals surface area contributed by atoms with E-state index in [0.717, 1.165) is 0 Å². The standard InChI is InChI=1S/C32H25P/c1-33(2)26-19-17-23(18-20-26)31-27-11-5-7-13-29(27)32(30-14-8-6-12-28(30)31)25-16-15-22-9-3-4-10-24(22)21-25/h3-21H,1-2H3. The zero-order valence-electron chi connectivity index (χ0n) is 18.9. The summed E-state index contributed by atoms with van der Waals surface area (Å²) in [5.74, 6) is 0. The number of hydrogen-bond acceptors (Lipinski definition) is 0. The van der Waals surface area contributed by atoms with Crippen LogP contribution in [0.25, 0.3) is 54.6 Å². The van der Waals surface area contributed by atoms with E-state index in [9.17, 15) is 0 Å². The molecular formula is C32H25P. The van der Waals surface area contributed by atoms with E-state index in [2.05, 4.69) is 129 Å². The second kappa shape index (κ2) is 8.14. The van der Waals surface area contributed by atoms with Gasteiger partial charge >= 0.3 is 0 Å². The van der Waals surface area contributed by atoms with Gasteiger partial charge in [-0.05, 0) is 79.3 Å². The predicted molar refractivity (Wildman–Crippen MR) is 148 cm³/mol. The van der Waals surface area contributed by atoms with Gasteiger partial charge in [0.25, 0.3) is 0 Å². The average molecular weight is 441 g/mol. The third-order valence-corrected chi connectivity index (χ3v) is 7.97. The number of benzene rings is 6. The lowest BCUT2D eigenvalue weighted by atomic mass is 9.85. The molecule has 0 amide bonds. The van der Waals surface area contributed by atoms with Crippen LogP contribution in [-0.2, 0) is 0 Å². The van der Waals surface area contributed by atoms with Crippen LogP contribution >= 0.6 is 7.92 Å². The van der Waals surface area contributed by atoms with Crippen LogP contribution in [-0.4, -0.2) is 13.3 Å². The second-order valence-corrected chi connectivity index (χ2v) is 11.1. The molecule has 0 aliphatic heterocycles. The maximum Gasteiger partial charge on any atom is -0.00262 e. The van der Waals surface area contributed by atoms with Crippen LogP contribution in [0, 0.1) is 0 Å². The SMILES string of the molecule is CP(C)c1ccc(-c2c3ccccc3c(-c3ccc4ccccc4c3)c3ccccc23)cc1. The summed E-state index contributed by atoms with van der Waals surface area (Å²) < 4.78 is 0. The zero-order chi connectivity index (χ0) is 22.4. The molecular weight excluding hydrogens is 415 g/mol. The Kier molecular flexibility index (Phi) is 4.97. The van der Waals surface area contributed by atoms with Crippen molar-refractivity contribution in [2.75, 3.05) is 13.3 Å². The van der Waals surface area contributed by atoms with Gasteiger partial charge in [-0.3, -0.25) is 0 Å². The first-order valence-corrected chi connectivity index (χ1v) is 13.6. The molecule has 0 heterocycles. The summed E-state index contributed by atoms with van der Waals surface area (Å²) in [4.78, 5) is 0. The maximum atomic E-state index is 2.34. The van der Waals surface area contributed by atoms with Gasteiger partial charge in [-0.25, -0.2) is 0 Å². The Morgan fingerprint density at radius 2 is 0.879 bits per heavy atom. The van der Waals surface area contributed by atoms with E-state index in [1.807, 2.05) is 0 Å². The molecule has 0 fully saturated rings. The fourth-order valence-corrected chi connectivity index (χ4v) is 5.77. The van der Waals surface area contributed by atoms with E-state index in [1.165, 1.54) is 59.9 Å². The summed E-state index contributed by atoms with van der Waals surface area (Å²) in [7, 11) is -0.0962. The Morgan fingerprint density at radius 3 is 1.42 bits per heavy atom. The molecule has 0 aromatic heterocycles. The molecule has 0 saturated heterocycles. The first-order valence-electron chi connectivity index (χ1n) is 11.4. The lowest BCUT2D eigenvalue weighted by Gasteiger charge is -2.18. The molecule has 6 aromatic carbocycles. The average Bonchev–Trinajstić information content (AvgIpc) is 2.87. The Labute approximate surface area is 196 Å². The van der Waals surface area contributed by atoms with Crippen LogP contribution in [0.2, 0.25) is 0 Å². The summed E-state index contributed by atoms with van der Waals surface area (Å²) >= 11 is 0. The molecule has 6 aromatic rings. The van der Waals surface area contributed by atoms with Crippen LogP contribution in [0.4, 0.5) is 0 Å². The predicted octanol–water partition coefficient (Wildman–Crippen LogP) is 8.85. The van der Waals surface area contributed by atoms with Gasteiger partial charge in [0.1, 0.15) is 0 Å². The lowest BCUT2D eigenvalue weighted by molar-refractivity contribution is 1.67. The summed E-state index contributed by atoms with van der Waals surface area (Å²) in [6, 6.07) is 42.5. The number of rotatable bonds is 3. The van der Waals surface area contributed by atoms with E-state index in [-0.39, 0.29) is 7.92 Å². The Bertz CT molecular complexity index is 1570. The van der Waals surface area contributed by atoms with Crippen molar-refractivity contribution in [3.05, 3.63) is 115 Å². The van der Waals surface area contributed by atoms with Crippen molar-refractivity contribution >= 4 is 45.5 Å². The third kappa shape index (κ3) is 3.43. The first kappa shape index (κ1) is 20.2. The highest BCUT2D eigenvalue weighted by molar-refractivity contribution is 7.64. The monoisotopic (exact) mass is 440 g/mol. The van der Waals surface area contributed by atoms with Crippen molar-refractivity contribution in [2.24, 2.45) is 0 Å². The second-order valence-electron chi connectivity index (χ2n) is 8.84. The minimum Gasteiger partial charge on any atom is -0.0817 e. The smallest absolute Gasteiger partial charge is 0.00262 e. The fraction of sp³-hybridized carbons (Fsp3) is 0.0625. The van der Waals surface area contributed by atoms with E-state index in [0.29, 0.717) is 0 Å². The van der Waals surface area contributed by atoms with E-state index < -0.39 is 0 Å². The summed E-state index contributed by atoms with van der Waals surface area (Å²) in [6.07, 6.45) is 0. The highest BCUT2D eigenvalue weighted by atomic mass is 31.1. The molecule has 0 aliphatic carbocycles. The summed E-state index contributed by atoms with van der Waals surface area (Å²) in [5, 5.41) is 9.22. The Balaban J connectivity index is 1.70.